The maximum Gasteiger partial charge on any atom is 0.309 e. The SMILES string of the molecule is CC1(C(=O)O)CCC(n2c(Nc3c(F)cc(Cl)cc3Cl)nc3cnc(NC4CCOCC4)nc32)CC1. The van der Waals surface area contributed by atoms with Crippen molar-refractivity contribution >= 4 is 57.9 Å². The summed E-state index contributed by atoms with van der Waals surface area (Å²) in [4.78, 5) is 25.7. The van der Waals surface area contributed by atoms with Crippen molar-refractivity contribution in [3.63, 3.8) is 0 Å². The number of nitrogens with one attached hydrogen (secondary N) is 2. The monoisotopic (exact) mass is 536 g/mol. The standard InChI is InChI=1S/C24H27Cl2FN6O3/c1-24(21(34)35)6-2-15(3-7-24)33-20-18(12-28-22(32-20)29-14-4-8-36-9-5-14)30-23(33)31-19-16(26)10-13(25)11-17(19)27/h10-12,14-15H,2-9H2,1H3,(H,30,31)(H,34,35)(H,28,29,32). The number of ether oxygens (including phenoxy) is 1. The Hall–Kier alpha value is -2.69. The predicted octanol–water partition coefficient (Wildman–Crippen LogP) is 5.81. The summed E-state index contributed by atoms with van der Waals surface area (Å²) in [6.07, 6.45) is 5.56. The lowest BCUT2D eigenvalue weighted by Crippen LogP contribution is -2.33. The number of benzene rings is 1. The van der Waals surface area contributed by atoms with Gasteiger partial charge in [-0.25, -0.2) is 14.4 Å². The average Bonchev–Trinajstić information content (AvgIpc) is 3.20. The fourth-order valence-corrected chi connectivity index (χ4v) is 5.42. The fourth-order valence-electron chi connectivity index (χ4n) is 4.90. The van der Waals surface area contributed by atoms with Crippen LogP contribution in [0.5, 0.6) is 0 Å². The number of fused-ring (bicyclic) bond motifs is 1. The predicted molar refractivity (Wildman–Crippen MR) is 136 cm³/mol. The molecule has 2 aromatic heterocycles. The number of aliphatic carboxylic acids is 1. The molecule has 0 amide bonds. The third-order valence-corrected chi connectivity index (χ3v) is 7.69. The fraction of sp³-hybridized carbons (Fsp3) is 0.500. The van der Waals surface area contributed by atoms with Crippen LogP contribution in [0.1, 0.15) is 51.5 Å². The Balaban J connectivity index is 1.53. The number of hydrogen-bond donors (Lipinski definition) is 3. The maximum absolute atomic E-state index is 14.8. The molecule has 0 bridgehead atoms. The minimum atomic E-state index is -0.796. The molecule has 2 aliphatic rings. The van der Waals surface area contributed by atoms with Crippen molar-refractivity contribution in [1.29, 1.82) is 0 Å². The third-order valence-electron chi connectivity index (χ3n) is 7.17. The number of imidazole rings is 1. The highest BCUT2D eigenvalue weighted by molar-refractivity contribution is 6.36. The van der Waals surface area contributed by atoms with Crippen LogP contribution >= 0.6 is 23.2 Å². The molecule has 5 rings (SSSR count). The second-order valence-corrected chi connectivity index (χ2v) is 10.5. The lowest BCUT2D eigenvalue weighted by Gasteiger charge is -2.35. The second-order valence-electron chi connectivity index (χ2n) is 9.71. The smallest absolute Gasteiger partial charge is 0.309 e. The van der Waals surface area contributed by atoms with Crippen molar-refractivity contribution in [1.82, 2.24) is 19.5 Å². The lowest BCUT2D eigenvalue weighted by molar-refractivity contribution is -0.150. The summed E-state index contributed by atoms with van der Waals surface area (Å²) < 4.78 is 22.1. The van der Waals surface area contributed by atoms with Gasteiger partial charge in [-0.3, -0.25) is 9.36 Å². The van der Waals surface area contributed by atoms with Gasteiger partial charge in [0, 0.05) is 30.3 Å². The van der Waals surface area contributed by atoms with Crippen molar-refractivity contribution < 1.29 is 19.0 Å². The van der Waals surface area contributed by atoms with Crippen molar-refractivity contribution in [2.45, 2.75) is 57.5 Å². The Labute approximate surface area is 217 Å². The summed E-state index contributed by atoms with van der Waals surface area (Å²) >= 11 is 12.2. The lowest BCUT2D eigenvalue weighted by atomic mass is 9.74. The van der Waals surface area contributed by atoms with Gasteiger partial charge < -0.3 is 20.5 Å². The Morgan fingerprint density at radius 3 is 2.58 bits per heavy atom. The van der Waals surface area contributed by atoms with Crippen molar-refractivity contribution in [3.8, 4) is 0 Å². The summed E-state index contributed by atoms with van der Waals surface area (Å²) in [5, 5.41) is 16.4. The Morgan fingerprint density at radius 1 is 1.19 bits per heavy atom. The molecule has 3 N–H and O–H groups in total. The van der Waals surface area contributed by atoms with Crippen LogP contribution in [-0.4, -0.2) is 49.9 Å². The van der Waals surface area contributed by atoms with Gasteiger partial charge in [-0.2, -0.15) is 4.98 Å². The van der Waals surface area contributed by atoms with Crippen molar-refractivity contribution in [2.75, 3.05) is 23.8 Å². The molecule has 1 saturated heterocycles. The molecule has 1 aliphatic carbocycles. The van der Waals surface area contributed by atoms with Gasteiger partial charge >= 0.3 is 5.97 Å². The van der Waals surface area contributed by atoms with Crippen LogP contribution < -0.4 is 10.6 Å². The zero-order chi connectivity index (χ0) is 25.4. The van der Waals surface area contributed by atoms with Crippen LogP contribution in [0.15, 0.2) is 18.3 Å². The zero-order valence-electron chi connectivity index (χ0n) is 19.7. The van der Waals surface area contributed by atoms with Crippen LogP contribution in [0.25, 0.3) is 11.2 Å². The molecule has 12 heteroatoms. The molecule has 3 aromatic rings. The van der Waals surface area contributed by atoms with E-state index in [0.29, 0.717) is 62.0 Å². The molecule has 1 saturated carbocycles. The van der Waals surface area contributed by atoms with Gasteiger partial charge in [-0.1, -0.05) is 23.2 Å². The van der Waals surface area contributed by atoms with Crippen LogP contribution in [0.2, 0.25) is 10.0 Å². The summed E-state index contributed by atoms with van der Waals surface area (Å²) in [5.74, 6) is -0.574. The minimum Gasteiger partial charge on any atom is -0.481 e. The molecule has 1 aromatic carbocycles. The molecule has 0 atom stereocenters. The van der Waals surface area contributed by atoms with Gasteiger partial charge in [-0.15, -0.1) is 0 Å². The van der Waals surface area contributed by atoms with E-state index in [-0.39, 0.29) is 27.8 Å². The van der Waals surface area contributed by atoms with Crippen molar-refractivity contribution in [3.05, 3.63) is 34.2 Å². The summed E-state index contributed by atoms with van der Waals surface area (Å²) in [6, 6.07) is 2.75. The van der Waals surface area contributed by atoms with E-state index in [1.807, 2.05) is 4.57 Å². The molecule has 0 radical (unpaired) electrons. The molecule has 192 valence electrons. The van der Waals surface area contributed by atoms with E-state index in [1.165, 1.54) is 12.1 Å². The van der Waals surface area contributed by atoms with E-state index in [4.69, 9.17) is 32.9 Å². The maximum atomic E-state index is 14.8. The number of carbonyl (C=O) groups is 1. The number of carboxylic acid groups (broad SMARTS) is 1. The van der Waals surface area contributed by atoms with E-state index in [1.54, 1.807) is 13.1 Å². The highest BCUT2D eigenvalue weighted by atomic mass is 35.5. The van der Waals surface area contributed by atoms with E-state index in [0.717, 1.165) is 12.8 Å². The first-order chi connectivity index (χ1) is 17.2. The number of nitrogens with zero attached hydrogens (tertiary/aromatic N) is 4. The van der Waals surface area contributed by atoms with E-state index in [9.17, 15) is 14.3 Å². The Morgan fingerprint density at radius 2 is 1.92 bits per heavy atom. The van der Waals surface area contributed by atoms with E-state index < -0.39 is 17.2 Å². The first kappa shape index (κ1) is 25.0. The van der Waals surface area contributed by atoms with Gasteiger partial charge in [0.05, 0.1) is 22.3 Å². The van der Waals surface area contributed by atoms with Gasteiger partial charge in [-0.05, 0) is 57.6 Å². The molecule has 1 aliphatic heterocycles. The Kier molecular flexibility index (Phi) is 6.93. The summed E-state index contributed by atoms with van der Waals surface area (Å²) in [5.41, 5.74) is 0.387. The Bertz CT molecular complexity index is 1270. The summed E-state index contributed by atoms with van der Waals surface area (Å²) in [6.45, 7) is 3.14. The first-order valence-electron chi connectivity index (χ1n) is 12.0. The summed E-state index contributed by atoms with van der Waals surface area (Å²) in [7, 11) is 0. The van der Waals surface area contributed by atoms with Gasteiger partial charge in [0.15, 0.2) is 5.65 Å². The van der Waals surface area contributed by atoms with E-state index >= 15 is 0 Å². The molecule has 3 heterocycles. The van der Waals surface area contributed by atoms with Gasteiger partial charge in [0.25, 0.3) is 0 Å². The second kappa shape index (κ2) is 9.99. The van der Waals surface area contributed by atoms with Crippen LogP contribution in [0, 0.1) is 11.2 Å². The topological polar surface area (TPSA) is 114 Å². The van der Waals surface area contributed by atoms with Gasteiger partial charge in [0.2, 0.25) is 11.9 Å². The molecule has 0 spiro atoms. The van der Waals surface area contributed by atoms with Gasteiger partial charge in [0.1, 0.15) is 11.3 Å². The molecular formula is C24H27Cl2FN6O3. The highest BCUT2D eigenvalue weighted by Gasteiger charge is 2.39. The number of hydrogen-bond acceptors (Lipinski definition) is 7. The first-order valence-corrected chi connectivity index (χ1v) is 12.7. The number of halogens is 3. The quantitative estimate of drug-likeness (QED) is 0.361. The highest BCUT2D eigenvalue weighted by Crippen LogP contribution is 2.43. The van der Waals surface area contributed by atoms with Crippen molar-refractivity contribution in [2.24, 2.45) is 5.41 Å². The molecular weight excluding hydrogens is 510 g/mol. The van der Waals surface area contributed by atoms with Crippen LogP contribution in [-0.2, 0) is 9.53 Å². The minimum absolute atomic E-state index is 0.0531. The number of anilines is 3. The van der Waals surface area contributed by atoms with E-state index in [2.05, 4.69) is 20.6 Å². The molecule has 2 fully saturated rings. The largest absolute Gasteiger partial charge is 0.481 e. The average molecular weight is 537 g/mol. The van der Waals surface area contributed by atoms with Crippen LogP contribution in [0.4, 0.5) is 22.0 Å². The number of rotatable bonds is 6. The third kappa shape index (κ3) is 4.94. The number of carboxylic acids is 1. The number of aromatic nitrogens is 4. The molecule has 36 heavy (non-hydrogen) atoms. The molecule has 0 unspecified atom stereocenters. The zero-order valence-corrected chi connectivity index (χ0v) is 21.2. The molecule has 9 nitrogen and oxygen atoms in total. The van der Waals surface area contributed by atoms with Crippen LogP contribution in [0.3, 0.4) is 0 Å². The normalized spacial score (nSPS) is 23.1.